The molecule has 1 N–H and O–H groups in total. The highest BCUT2D eigenvalue weighted by atomic mass is 19.1. The van der Waals surface area contributed by atoms with Gasteiger partial charge in [-0.1, -0.05) is 6.92 Å². The average Bonchev–Trinajstić information content (AvgIpc) is 3.18. The molecule has 4 nitrogen and oxygen atoms in total. The Morgan fingerprint density at radius 1 is 1.14 bits per heavy atom. The van der Waals surface area contributed by atoms with Gasteiger partial charge in [0.2, 0.25) is 0 Å². The zero-order valence-electron chi connectivity index (χ0n) is 20.7. The third-order valence-corrected chi connectivity index (χ3v) is 10.3. The van der Waals surface area contributed by atoms with E-state index < -0.39 is 17.1 Å². The number of nitrogens with zero attached hydrogens (tertiary/aromatic N) is 1. The van der Waals surface area contributed by atoms with Crippen LogP contribution in [0.3, 0.4) is 0 Å². The average molecular weight is 484 g/mol. The van der Waals surface area contributed by atoms with Gasteiger partial charge in [0, 0.05) is 6.07 Å². The summed E-state index contributed by atoms with van der Waals surface area (Å²) in [5.41, 5.74) is -1.28. The zero-order chi connectivity index (χ0) is 25.0. The Labute approximate surface area is 206 Å². The Hall–Kier alpha value is -2.22. The van der Waals surface area contributed by atoms with Crippen LogP contribution < -0.4 is 4.74 Å². The number of aliphatic hydroxyl groups is 1. The third kappa shape index (κ3) is 4.02. The van der Waals surface area contributed by atoms with Crippen molar-refractivity contribution in [2.75, 3.05) is 6.61 Å². The highest BCUT2D eigenvalue weighted by Gasteiger charge is 2.63. The predicted molar refractivity (Wildman–Crippen MR) is 127 cm³/mol. The topological polar surface area (TPSA) is 70.3 Å². The second kappa shape index (κ2) is 8.71. The number of alkyl halides is 1. The Morgan fingerprint density at radius 3 is 2.69 bits per heavy atom. The molecule has 0 unspecified atom stereocenters. The van der Waals surface area contributed by atoms with Crippen molar-refractivity contribution in [2.24, 2.45) is 35.0 Å². The number of hydrogen-bond acceptors (Lipinski definition) is 4. The molecular formula is C29H35F2NO3. The largest absolute Gasteiger partial charge is 0.485 e. The molecule has 5 rings (SSSR count). The van der Waals surface area contributed by atoms with E-state index in [-0.39, 0.29) is 35.5 Å². The van der Waals surface area contributed by atoms with Crippen LogP contribution in [0.1, 0.15) is 77.2 Å². The molecule has 188 valence electrons. The highest BCUT2D eigenvalue weighted by molar-refractivity contribution is 5.55. The van der Waals surface area contributed by atoms with Gasteiger partial charge < -0.3 is 9.84 Å². The number of ether oxygens (including phenoxy) is 1. The first-order valence-electron chi connectivity index (χ1n) is 13.1. The molecular weight excluding hydrogens is 448 g/mol. The van der Waals surface area contributed by atoms with Gasteiger partial charge >= 0.3 is 0 Å². The van der Waals surface area contributed by atoms with Crippen LogP contribution in [0, 0.1) is 52.2 Å². The molecule has 0 heterocycles. The van der Waals surface area contributed by atoms with Crippen molar-refractivity contribution in [1.29, 1.82) is 5.26 Å². The first-order chi connectivity index (χ1) is 16.6. The second-order valence-corrected chi connectivity index (χ2v) is 12.1. The Bertz CT molecular complexity index is 1090. The van der Waals surface area contributed by atoms with E-state index in [9.17, 15) is 14.3 Å². The molecule has 0 saturated heterocycles. The lowest BCUT2D eigenvalue weighted by molar-refractivity contribution is -0.163. The molecule has 0 radical (unpaired) electrons. The van der Waals surface area contributed by atoms with Crippen molar-refractivity contribution in [2.45, 2.75) is 82.9 Å². The number of nitriles is 1. The van der Waals surface area contributed by atoms with Crippen molar-refractivity contribution < 1.29 is 23.4 Å². The maximum Gasteiger partial charge on any atom is 0.165 e. The van der Waals surface area contributed by atoms with E-state index in [4.69, 9.17) is 10.00 Å². The molecule has 0 aromatic heterocycles. The highest BCUT2D eigenvalue weighted by Crippen LogP contribution is 2.67. The fourth-order valence-corrected chi connectivity index (χ4v) is 8.59. The van der Waals surface area contributed by atoms with Crippen LogP contribution >= 0.6 is 0 Å². The second-order valence-electron chi connectivity index (χ2n) is 12.1. The zero-order valence-corrected chi connectivity index (χ0v) is 20.7. The van der Waals surface area contributed by atoms with Crippen LogP contribution in [-0.4, -0.2) is 28.9 Å². The Kier molecular flexibility index (Phi) is 6.09. The minimum absolute atomic E-state index is 0.0199. The summed E-state index contributed by atoms with van der Waals surface area (Å²) in [6.07, 6.45) is 6.74. The van der Waals surface area contributed by atoms with Gasteiger partial charge in [0.25, 0.3) is 0 Å². The van der Waals surface area contributed by atoms with Crippen LogP contribution in [-0.2, 0) is 4.79 Å². The first-order valence-corrected chi connectivity index (χ1v) is 13.1. The molecule has 0 aliphatic heterocycles. The normalized spacial score (nSPS) is 42.1. The Morgan fingerprint density at radius 2 is 1.94 bits per heavy atom. The van der Waals surface area contributed by atoms with Crippen LogP contribution in [0.2, 0.25) is 0 Å². The summed E-state index contributed by atoms with van der Waals surface area (Å²) >= 11 is 0. The minimum atomic E-state index is -1.19. The van der Waals surface area contributed by atoms with Crippen molar-refractivity contribution in [3.05, 3.63) is 35.2 Å². The van der Waals surface area contributed by atoms with Gasteiger partial charge in [-0.2, -0.15) is 5.26 Å². The molecule has 6 heteroatoms. The van der Waals surface area contributed by atoms with Gasteiger partial charge in [-0.05, 0) is 112 Å². The summed E-state index contributed by atoms with van der Waals surface area (Å²) in [5, 5.41) is 19.6. The number of rotatable bonds is 4. The monoisotopic (exact) mass is 483 g/mol. The van der Waals surface area contributed by atoms with Gasteiger partial charge in [0.1, 0.15) is 18.2 Å². The van der Waals surface area contributed by atoms with Gasteiger partial charge in [-0.3, -0.25) is 0 Å². The van der Waals surface area contributed by atoms with E-state index >= 15 is 4.39 Å². The molecule has 4 fully saturated rings. The molecule has 4 saturated carbocycles. The smallest absolute Gasteiger partial charge is 0.165 e. The van der Waals surface area contributed by atoms with Crippen molar-refractivity contribution in [3.8, 4) is 11.8 Å². The Balaban J connectivity index is 1.33. The number of carbonyl (C=O) groups excluding carboxylic acids is 1. The lowest BCUT2D eigenvalue weighted by atomic mass is 9.47. The number of fused-ring (bicyclic) bond motifs is 5. The quantitative estimate of drug-likeness (QED) is 0.538. The summed E-state index contributed by atoms with van der Waals surface area (Å²) in [4.78, 5) is 12.0. The van der Waals surface area contributed by atoms with Crippen LogP contribution in [0.4, 0.5) is 8.78 Å². The fraction of sp³-hybridized carbons (Fsp3) is 0.690. The van der Waals surface area contributed by atoms with Gasteiger partial charge in [0.15, 0.2) is 11.6 Å². The number of hydrogen-bond donors (Lipinski definition) is 1. The molecule has 0 spiro atoms. The summed E-state index contributed by atoms with van der Waals surface area (Å²) in [6.45, 7) is 4.03. The van der Waals surface area contributed by atoms with E-state index in [1.807, 2.05) is 13.0 Å². The standard InChI is InChI=1S/C29H35F2NO3/c1-27(34)11-12-29(31)20(14-27)4-5-21-23-7-6-22(28(23,2)10-9-24(21)29)19(16-33)17-35-26-13-18(15-32)3-8-25(26)30/h3,8,13,20-24,34H,4-7,9-12,14,17H2,1-2H3/t20-,21+,22-,23+,24+,27-,28-,29-/m1/s1. The predicted octanol–water partition coefficient (Wildman–Crippen LogP) is 5.95. The molecule has 8 atom stereocenters. The van der Waals surface area contributed by atoms with Crippen LogP contribution in [0.5, 0.6) is 5.75 Å². The molecule has 35 heavy (non-hydrogen) atoms. The first kappa shape index (κ1) is 24.5. The molecule has 4 aliphatic rings. The minimum Gasteiger partial charge on any atom is -0.485 e. The van der Waals surface area contributed by atoms with E-state index in [0.717, 1.165) is 38.5 Å². The third-order valence-electron chi connectivity index (χ3n) is 10.3. The van der Waals surface area contributed by atoms with Crippen LogP contribution in [0.15, 0.2) is 23.8 Å². The lowest BCUT2D eigenvalue weighted by Gasteiger charge is -2.59. The fourth-order valence-electron chi connectivity index (χ4n) is 8.59. The molecule has 1 aromatic carbocycles. The van der Waals surface area contributed by atoms with E-state index in [1.54, 1.807) is 0 Å². The van der Waals surface area contributed by atoms with E-state index in [2.05, 4.69) is 12.9 Å². The van der Waals surface area contributed by atoms with Crippen LogP contribution in [0.25, 0.3) is 0 Å². The SMILES string of the molecule is C[C@@]1(O)CC[C@@]2(F)[C@H](CC[C@H]3[C@@H]4CC[C@H](C(=C=O)COc5cc(C#N)ccc5F)[C@@]4(C)CC[C@@H]32)C1. The molecule has 0 bridgehead atoms. The van der Waals surface area contributed by atoms with Gasteiger partial charge in [-0.15, -0.1) is 0 Å². The van der Waals surface area contributed by atoms with E-state index in [1.165, 1.54) is 18.2 Å². The van der Waals surface area contributed by atoms with Crippen molar-refractivity contribution in [3.63, 3.8) is 0 Å². The van der Waals surface area contributed by atoms with E-state index in [0.29, 0.717) is 42.2 Å². The maximum absolute atomic E-state index is 16.6. The molecule has 1 aromatic rings. The van der Waals surface area contributed by atoms with Crippen molar-refractivity contribution >= 4 is 5.94 Å². The maximum atomic E-state index is 16.6. The van der Waals surface area contributed by atoms with Gasteiger partial charge in [0.05, 0.1) is 22.8 Å². The summed E-state index contributed by atoms with van der Waals surface area (Å²) in [7, 11) is 0. The summed E-state index contributed by atoms with van der Waals surface area (Å²) in [6, 6.07) is 5.91. The lowest BCUT2D eigenvalue weighted by Crippen LogP contribution is -2.58. The molecule has 4 aliphatic carbocycles. The number of halogens is 2. The summed E-state index contributed by atoms with van der Waals surface area (Å²) in [5.74, 6) is 2.08. The molecule has 0 amide bonds. The van der Waals surface area contributed by atoms with Crippen molar-refractivity contribution in [1.82, 2.24) is 0 Å². The number of benzene rings is 1. The van der Waals surface area contributed by atoms with Gasteiger partial charge in [-0.25, -0.2) is 13.6 Å². The summed E-state index contributed by atoms with van der Waals surface area (Å²) < 4.78 is 36.4.